The smallest absolute Gasteiger partial charge is 0.128 e. The van der Waals surface area contributed by atoms with E-state index in [4.69, 9.17) is 0 Å². The lowest BCUT2D eigenvalue weighted by atomic mass is 10.2. The fourth-order valence-corrected chi connectivity index (χ4v) is 2.12. The summed E-state index contributed by atoms with van der Waals surface area (Å²) in [5, 5.41) is 9.23. The average molecular weight is 206 g/mol. The van der Waals surface area contributed by atoms with E-state index in [2.05, 4.69) is 28.9 Å². The second-order valence-electron chi connectivity index (χ2n) is 4.05. The molecule has 0 aliphatic carbocycles. The van der Waals surface area contributed by atoms with E-state index in [9.17, 15) is 5.11 Å². The highest BCUT2D eigenvalue weighted by atomic mass is 16.3. The summed E-state index contributed by atoms with van der Waals surface area (Å²) in [5.74, 6) is 1.00. The number of aromatic nitrogens is 1. The van der Waals surface area contributed by atoms with Crippen molar-refractivity contribution >= 4 is 5.82 Å². The van der Waals surface area contributed by atoms with Crippen LogP contribution in [0.2, 0.25) is 0 Å². The van der Waals surface area contributed by atoms with Crippen molar-refractivity contribution in [1.29, 1.82) is 0 Å². The Morgan fingerprint density at radius 2 is 2.40 bits per heavy atom. The highest BCUT2D eigenvalue weighted by molar-refractivity contribution is 5.41. The van der Waals surface area contributed by atoms with Crippen molar-refractivity contribution < 1.29 is 5.11 Å². The van der Waals surface area contributed by atoms with Gasteiger partial charge in [0.05, 0.1) is 12.6 Å². The van der Waals surface area contributed by atoms with Crippen molar-refractivity contribution in [2.75, 3.05) is 18.1 Å². The van der Waals surface area contributed by atoms with Gasteiger partial charge in [-0.05, 0) is 30.9 Å². The van der Waals surface area contributed by atoms with Gasteiger partial charge in [-0.25, -0.2) is 4.98 Å². The molecule has 1 fully saturated rings. The van der Waals surface area contributed by atoms with Crippen molar-refractivity contribution in [3.05, 3.63) is 23.9 Å². The number of aliphatic hydroxyl groups excluding tert-OH is 1. The number of anilines is 1. The number of rotatable bonds is 3. The molecule has 2 heterocycles. The zero-order valence-electron chi connectivity index (χ0n) is 9.19. The van der Waals surface area contributed by atoms with E-state index < -0.39 is 0 Å². The predicted molar refractivity (Wildman–Crippen MR) is 61.1 cm³/mol. The molecule has 0 spiro atoms. The second-order valence-corrected chi connectivity index (χ2v) is 4.05. The molecule has 0 saturated carbocycles. The van der Waals surface area contributed by atoms with E-state index in [1.807, 2.05) is 6.20 Å². The number of aryl methyl sites for hydroxylation is 1. The van der Waals surface area contributed by atoms with Crippen LogP contribution < -0.4 is 4.90 Å². The summed E-state index contributed by atoms with van der Waals surface area (Å²) in [4.78, 5) is 6.65. The highest BCUT2D eigenvalue weighted by Gasteiger charge is 2.24. The molecule has 1 unspecified atom stereocenters. The van der Waals surface area contributed by atoms with E-state index >= 15 is 0 Å². The van der Waals surface area contributed by atoms with Crippen LogP contribution >= 0.6 is 0 Å². The predicted octanol–water partition coefficient (Wildman–Crippen LogP) is 1.61. The zero-order chi connectivity index (χ0) is 10.7. The molecule has 3 nitrogen and oxygen atoms in total. The van der Waals surface area contributed by atoms with Crippen molar-refractivity contribution in [3.63, 3.8) is 0 Å². The van der Waals surface area contributed by atoms with Gasteiger partial charge in [-0.1, -0.05) is 13.0 Å². The Labute approximate surface area is 90.8 Å². The molecule has 1 atom stereocenters. The van der Waals surface area contributed by atoms with Gasteiger partial charge in [0.25, 0.3) is 0 Å². The Morgan fingerprint density at radius 3 is 3.00 bits per heavy atom. The zero-order valence-corrected chi connectivity index (χ0v) is 9.19. The fraction of sp³-hybridized carbons (Fsp3) is 0.583. The molecule has 1 aliphatic rings. The van der Waals surface area contributed by atoms with Gasteiger partial charge in [-0.2, -0.15) is 0 Å². The summed E-state index contributed by atoms with van der Waals surface area (Å²) >= 11 is 0. The Balaban J connectivity index is 2.14. The summed E-state index contributed by atoms with van der Waals surface area (Å²) in [6.07, 6.45) is 5.19. The third-order valence-corrected chi connectivity index (χ3v) is 3.10. The minimum absolute atomic E-state index is 0.233. The largest absolute Gasteiger partial charge is 0.394 e. The molecule has 82 valence electrons. The van der Waals surface area contributed by atoms with E-state index in [0.29, 0.717) is 0 Å². The topological polar surface area (TPSA) is 36.4 Å². The minimum Gasteiger partial charge on any atom is -0.394 e. The maximum absolute atomic E-state index is 9.23. The second kappa shape index (κ2) is 4.62. The molecule has 1 N–H and O–H groups in total. The number of aliphatic hydroxyl groups is 1. The normalized spacial score (nSPS) is 20.9. The van der Waals surface area contributed by atoms with E-state index in [0.717, 1.165) is 31.6 Å². The van der Waals surface area contributed by atoms with Crippen LogP contribution in [0.25, 0.3) is 0 Å². The van der Waals surface area contributed by atoms with Gasteiger partial charge < -0.3 is 10.0 Å². The van der Waals surface area contributed by atoms with Gasteiger partial charge in [0.1, 0.15) is 5.82 Å². The number of nitrogens with zero attached hydrogens (tertiary/aromatic N) is 2. The minimum atomic E-state index is 0.233. The van der Waals surface area contributed by atoms with Crippen LogP contribution in [-0.2, 0) is 6.42 Å². The van der Waals surface area contributed by atoms with Crippen molar-refractivity contribution in [2.45, 2.75) is 32.2 Å². The molecule has 0 bridgehead atoms. The summed E-state index contributed by atoms with van der Waals surface area (Å²) in [7, 11) is 0. The van der Waals surface area contributed by atoms with Crippen LogP contribution in [-0.4, -0.2) is 29.3 Å². The molecule has 1 aromatic rings. The van der Waals surface area contributed by atoms with Gasteiger partial charge in [0, 0.05) is 12.7 Å². The molecule has 2 rings (SSSR count). The van der Waals surface area contributed by atoms with E-state index in [1.54, 1.807) is 0 Å². The summed E-state index contributed by atoms with van der Waals surface area (Å²) in [5.41, 5.74) is 1.26. The van der Waals surface area contributed by atoms with Crippen molar-refractivity contribution in [1.82, 2.24) is 4.98 Å². The SMILES string of the molecule is CCc1ccc(N2CCCC2CO)nc1. The molecule has 0 radical (unpaired) electrons. The molecule has 0 amide bonds. The first-order chi connectivity index (χ1) is 7.35. The molecule has 1 aromatic heterocycles. The molecular weight excluding hydrogens is 188 g/mol. The maximum atomic E-state index is 9.23. The van der Waals surface area contributed by atoms with Crippen LogP contribution in [0.1, 0.15) is 25.3 Å². The Morgan fingerprint density at radius 1 is 1.53 bits per heavy atom. The Hall–Kier alpha value is -1.09. The van der Waals surface area contributed by atoms with Gasteiger partial charge in [0.15, 0.2) is 0 Å². The number of hydrogen-bond acceptors (Lipinski definition) is 3. The molecule has 15 heavy (non-hydrogen) atoms. The van der Waals surface area contributed by atoms with Crippen LogP contribution in [0, 0.1) is 0 Å². The Bertz CT molecular complexity index is 310. The lowest BCUT2D eigenvalue weighted by Crippen LogP contribution is -2.32. The molecule has 1 saturated heterocycles. The summed E-state index contributed by atoms with van der Waals surface area (Å²) in [6.45, 7) is 3.38. The fourth-order valence-electron chi connectivity index (χ4n) is 2.12. The molecule has 3 heteroatoms. The third-order valence-electron chi connectivity index (χ3n) is 3.10. The standard InChI is InChI=1S/C12H18N2O/c1-2-10-5-6-12(13-8-10)14-7-3-4-11(14)9-15/h5-6,8,11,15H,2-4,7,9H2,1H3. The summed E-state index contributed by atoms with van der Waals surface area (Å²) < 4.78 is 0. The molecule has 1 aliphatic heterocycles. The van der Waals surface area contributed by atoms with Crippen molar-refractivity contribution in [2.24, 2.45) is 0 Å². The van der Waals surface area contributed by atoms with Crippen LogP contribution in [0.5, 0.6) is 0 Å². The highest BCUT2D eigenvalue weighted by Crippen LogP contribution is 2.23. The van der Waals surface area contributed by atoms with Crippen LogP contribution in [0.4, 0.5) is 5.82 Å². The number of pyridine rings is 1. The summed E-state index contributed by atoms with van der Waals surface area (Å²) in [6, 6.07) is 4.45. The van der Waals surface area contributed by atoms with Gasteiger partial charge in [-0.15, -0.1) is 0 Å². The van der Waals surface area contributed by atoms with Gasteiger partial charge in [-0.3, -0.25) is 0 Å². The van der Waals surface area contributed by atoms with Gasteiger partial charge >= 0.3 is 0 Å². The van der Waals surface area contributed by atoms with Gasteiger partial charge in [0.2, 0.25) is 0 Å². The quantitative estimate of drug-likeness (QED) is 0.816. The van der Waals surface area contributed by atoms with E-state index in [-0.39, 0.29) is 12.6 Å². The maximum Gasteiger partial charge on any atom is 0.128 e. The van der Waals surface area contributed by atoms with E-state index in [1.165, 1.54) is 5.56 Å². The molecule has 0 aromatic carbocycles. The monoisotopic (exact) mass is 206 g/mol. The Kier molecular flexibility index (Phi) is 3.21. The first kappa shape index (κ1) is 10.4. The number of hydrogen-bond donors (Lipinski definition) is 1. The lowest BCUT2D eigenvalue weighted by molar-refractivity contribution is 0.266. The first-order valence-electron chi connectivity index (χ1n) is 5.67. The lowest BCUT2D eigenvalue weighted by Gasteiger charge is -2.24. The molecular formula is C12H18N2O. The third kappa shape index (κ3) is 2.12. The average Bonchev–Trinajstić information content (AvgIpc) is 2.77. The first-order valence-corrected chi connectivity index (χ1v) is 5.67. The van der Waals surface area contributed by atoms with Crippen molar-refractivity contribution in [3.8, 4) is 0 Å². The van der Waals surface area contributed by atoms with Crippen LogP contribution in [0.15, 0.2) is 18.3 Å². The van der Waals surface area contributed by atoms with Crippen LogP contribution in [0.3, 0.4) is 0 Å².